The number of nitrogens with zero attached hydrogens (tertiary/aromatic N) is 2. The molecule has 2 heterocycles. The van der Waals surface area contributed by atoms with Crippen LogP contribution >= 0.6 is 11.3 Å². The molecule has 0 radical (unpaired) electrons. The second-order valence-corrected chi connectivity index (χ2v) is 12.6. The number of carbonyl (C=O) groups excluding carboxylic acids is 1. The number of carbonyl (C=O) groups is 1. The van der Waals surface area contributed by atoms with Crippen molar-refractivity contribution in [3.05, 3.63) is 17.0 Å². The maximum Gasteiger partial charge on any atom is 0.252 e. The Kier molecular flexibility index (Phi) is 6.08. The molecular formula is C21H33N3O3S2. The first-order valence-corrected chi connectivity index (χ1v) is 13.1. The molecule has 5 unspecified atom stereocenters. The van der Waals surface area contributed by atoms with Crippen LogP contribution in [0.25, 0.3) is 0 Å². The number of hydrogen-bond donors (Lipinski definition) is 1. The van der Waals surface area contributed by atoms with Crippen LogP contribution in [0.15, 0.2) is 16.3 Å². The molecule has 0 aromatic carbocycles. The zero-order valence-corrected chi connectivity index (χ0v) is 19.3. The van der Waals surface area contributed by atoms with E-state index in [2.05, 4.69) is 17.1 Å². The van der Waals surface area contributed by atoms with Gasteiger partial charge in [0.15, 0.2) is 0 Å². The van der Waals surface area contributed by atoms with Gasteiger partial charge in [-0.1, -0.05) is 6.42 Å². The van der Waals surface area contributed by atoms with E-state index in [9.17, 15) is 13.2 Å². The van der Waals surface area contributed by atoms with E-state index in [1.165, 1.54) is 37.0 Å². The number of hydrogen-bond acceptors (Lipinski definition) is 5. The lowest BCUT2D eigenvalue weighted by molar-refractivity contribution is -0.127. The third kappa shape index (κ3) is 4.27. The third-order valence-electron chi connectivity index (χ3n) is 7.32. The van der Waals surface area contributed by atoms with E-state index in [1.54, 1.807) is 10.4 Å². The molecule has 2 aliphatic carbocycles. The number of sulfonamides is 1. The van der Waals surface area contributed by atoms with Crippen LogP contribution in [0.4, 0.5) is 0 Å². The van der Waals surface area contributed by atoms with E-state index >= 15 is 0 Å². The first-order valence-electron chi connectivity index (χ1n) is 10.9. The van der Waals surface area contributed by atoms with Crippen LogP contribution in [0.3, 0.4) is 0 Å². The Bertz CT molecular complexity index is 845. The molecule has 162 valence electrons. The average Bonchev–Trinajstić information content (AvgIpc) is 3.44. The van der Waals surface area contributed by atoms with Gasteiger partial charge in [-0.2, -0.15) is 4.31 Å². The van der Waals surface area contributed by atoms with Crippen molar-refractivity contribution >= 4 is 27.3 Å². The molecule has 1 aromatic heterocycles. The highest BCUT2D eigenvalue weighted by atomic mass is 32.2. The highest BCUT2D eigenvalue weighted by molar-refractivity contribution is 7.91. The summed E-state index contributed by atoms with van der Waals surface area (Å²) in [6.45, 7) is 8.04. The summed E-state index contributed by atoms with van der Waals surface area (Å²) in [5.74, 6) is 2.37. The van der Waals surface area contributed by atoms with Crippen LogP contribution in [0.5, 0.6) is 0 Å². The van der Waals surface area contributed by atoms with Gasteiger partial charge < -0.3 is 5.32 Å². The van der Waals surface area contributed by atoms with Crippen LogP contribution in [0, 0.1) is 24.7 Å². The topological polar surface area (TPSA) is 69.7 Å². The number of rotatable bonds is 6. The zero-order valence-electron chi connectivity index (χ0n) is 17.6. The lowest BCUT2D eigenvalue weighted by atomic mass is 9.84. The van der Waals surface area contributed by atoms with E-state index in [0.29, 0.717) is 36.3 Å². The molecule has 1 amide bonds. The standard InChI is InChI=1S/C21H33N3O3S2/c1-14-4-7-20(28-14)29(26,27)24-10-8-23(9-11-24)16(3)21(25)22-15(2)19-13-17-5-6-18(19)12-17/h4,7,15-19H,5-6,8-13H2,1-3H3,(H,22,25). The molecule has 2 bridgehead atoms. The lowest BCUT2D eigenvalue weighted by Crippen LogP contribution is -2.56. The molecule has 6 nitrogen and oxygen atoms in total. The number of nitrogens with one attached hydrogen (secondary N) is 1. The SMILES string of the molecule is Cc1ccc(S(=O)(=O)N2CCN(C(C)C(=O)NC(C)C3CC4CCC3C4)CC2)s1. The zero-order chi connectivity index (χ0) is 20.8. The maximum absolute atomic E-state index is 12.8. The van der Waals surface area contributed by atoms with Gasteiger partial charge in [-0.05, 0) is 69.9 Å². The van der Waals surface area contributed by atoms with Gasteiger partial charge in [0.2, 0.25) is 5.91 Å². The first kappa shape index (κ1) is 21.3. The van der Waals surface area contributed by atoms with Crippen LogP contribution in [0.2, 0.25) is 0 Å². The van der Waals surface area contributed by atoms with E-state index in [4.69, 9.17) is 0 Å². The number of aryl methyl sites for hydroxylation is 1. The minimum Gasteiger partial charge on any atom is -0.352 e. The molecule has 29 heavy (non-hydrogen) atoms. The molecule has 1 aromatic rings. The number of piperazine rings is 1. The lowest BCUT2D eigenvalue weighted by Gasteiger charge is -2.37. The van der Waals surface area contributed by atoms with E-state index in [1.807, 2.05) is 19.9 Å². The van der Waals surface area contributed by atoms with Crippen LogP contribution in [-0.4, -0.2) is 61.8 Å². The molecular weight excluding hydrogens is 406 g/mol. The second kappa shape index (κ2) is 8.29. The fraction of sp³-hybridized carbons (Fsp3) is 0.762. The predicted octanol–water partition coefficient (Wildman–Crippen LogP) is 2.69. The number of fused-ring (bicyclic) bond motifs is 2. The Morgan fingerprint density at radius 3 is 2.41 bits per heavy atom. The molecule has 5 atom stereocenters. The molecule has 8 heteroatoms. The maximum atomic E-state index is 12.8. The predicted molar refractivity (Wildman–Crippen MR) is 115 cm³/mol. The molecule has 1 N–H and O–H groups in total. The van der Waals surface area contributed by atoms with Crippen molar-refractivity contribution in [2.75, 3.05) is 26.2 Å². The highest BCUT2D eigenvalue weighted by Gasteiger charge is 2.42. The summed E-state index contributed by atoms with van der Waals surface area (Å²) in [4.78, 5) is 15.9. The molecule has 2 saturated carbocycles. The van der Waals surface area contributed by atoms with E-state index in [0.717, 1.165) is 16.7 Å². The van der Waals surface area contributed by atoms with Crippen molar-refractivity contribution in [2.24, 2.45) is 17.8 Å². The summed E-state index contributed by atoms with van der Waals surface area (Å²) in [6.07, 6.45) is 5.31. The molecule has 4 rings (SSSR count). The minimum absolute atomic E-state index is 0.0745. The van der Waals surface area contributed by atoms with Crippen LogP contribution < -0.4 is 5.32 Å². The van der Waals surface area contributed by atoms with Gasteiger partial charge in [0, 0.05) is 37.1 Å². The molecule has 3 aliphatic rings. The van der Waals surface area contributed by atoms with Gasteiger partial charge in [-0.15, -0.1) is 11.3 Å². The van der Waals surface area contributed by atoms with Crippen LogP contribution in [0.1, 0.15) is 44.4 Å². The van der Waals surface area contributed by atoms with Crippen molar-refractivity contribution < 1.29 is 13.2 Å². The first-order chi connectivity index (χ1) is 13.8. The van der Waals surface area contributed by atoms with Gasteiger partial charge in [-0.3, -0.25) is 9.69 Å². The monoisotopic (exact) mass is 439 g/mol. The van der Waals surface area contributed by atoms with Gasteiger partial charge in [0.05, 0.1) is 6.04 Å². The summed E-state index contributed by atoms with van der Waals surface area (Å²) in [5.41, 5.74) is 0. The third-order valence-corrected chi connectivity index (χ3v) is 10.7. The van der Waals surface area contributed by atoms with Crippen molar-refractivity contribution in [3.8, 4) is 0 Å². The summed E-state index contributed by atoms with van der Waals surface area (Å²) in [6, 6.07) is 3.53. The van der Waals surface area contributed by atoms with Gasteiger partial charge in [-0.25, -0.2) is 8.42 Å². The number of thiophene rings is 1. The largest absolute Gasteiger partial charge is 0.352 e. The van der Waals surface area contributed by atoms with Gasteiger partial charge in [0.1, 0.15) is 4.21 Å². The average molecular weight is 440 g/mol. The van der Waals surface area contributed by atoms with Gasteiger partial charge >= 0.3 is 0 Å². The molecule has 3 fully saturated rings. The van der Waals surface area contributed by atoms with E-state index < -0.39 is 10.0 Å². The van der Waals surface area contributed by atoms with Crippen molar-refractivity contribution in [2.45, 2.75) is 62.7 Å². The Balaban J connectivity index is 1.29. The summed E-state index contributed by atoms with van der Waals surface area (Å²) in [5, 5.41) is 3.26. The van der Waals surface area contributed by atoms with Gasteiger partial charge in [0.25, 0.3) is 10.0 Å². The fourth-order valence-electron chi connectivity index (χ4n) is 5.53. The van der Waals surface area contributed by atoms with Crippen molar-refractivity contribution in [3.63, 3.8) is 0 Å². The van der Waals surface area contributed by atoms with Crippen LogP contribution in [-0.2, 0) is 14.8 Å². The minimum atomic E-state index is -3.42. The Hall–Kier alpha value is -0.960. The quantitative estimate of drug-likeness (QED) is 0.740. The smallest absolute Gasteiger partial charge is 0.252 e. The Morgan fingerprint density at radius 1 is 1.14 bits per heavy atom. The fourth-order valence-corrected chi connectivity index (χ4v) is 8.39. The second-order valence-electron chi connectivity index (χ2n) is 9.12. The summed E-state index contributed by atoms with van der Waals surface area (Å²) >= 11 is 1.32. The Labute approximate surface area is 178 Å². The van der Waals surface area contributed by atoms with Crippen molar-refractivity contribution in [1.29, 1.82) is 0 Å². The van der Waals surface area contributed by atoms with E-state index in [-0.39, 0.29) is 18.0 Å². The molecule has 0 spiro atoms. The normalized spacial score (nSPS) is 30.4. The molecule has 1 aliphatic heterocycles. The number of amides is 1. The highest BCUT2D eigenvalue weighted by Crippen LogP contribution is 2.49. The van der Waals surface area contributed by atoms with Crippen molar-refractivity contribution in [1.82, 2.24) is 14.5 Å². The Morgan fingerprint density at radius 2 is 1.86 bits per heavy atom. The summed E-state index contributed by atoms with van der Waals surface area (Å²) in [7, 11) is -3.42. The molecule has 1 saturated heterocycles. The summed E-state index contributed by atoms with van der Waals surface area (Å²) < 4.78 is 27.6.